The normalized spacial score (nSPS) is 17.1. The number of ether oxygens (including phenoxy) is 1. The molecule has 6 heteroatoms. The zero-order chi connectivity index (χ0) is 25.1. The Morgan fingerprint density at radius 1 is 1.00 bits per heavy atom. The maximum absolute atomic E-state index is 11.1. The minimum absolute atomic E-state index is 0.161. The quantitative estimate of drug-likeness (QED) is 0.445. The third-order valence-corrected chi connectivity index (χ3v) is 7.02. The molecule has 5 rings (SSSR count). The van der Waals surface area contributed by atoms with Gasteiger partial charge in [-0.05, 0) is 60.4 Å². The zero-order valence-corrected chi connectivity index (χ0v) is 20.8. The molecule has 0 aromatic heterocycles. The summed E-state index contributed by atoms with van der Waals surface area (Å²) in [5.74, 6) is -0.0303. The van der Waals surface area contributed by atoms with Crippen LogP contribution in [0.3, 0.4) is 0 Å². The van der Waals surface area contributed by atoms with E-state index in [9.17, 15) is 4.79 Å². The number of carboxylic acid groups (broad SMARTS) is 1. The first-order valence-corrected chi connectivity index (χ1v) is 12.6. The van der Waals surface area contributed by atoms with Crippen LogP contribution >= 0.6 is 0 Å². The highest BCUT2D eigenvalue weighted by Gasteiger charge is 2.42. The van der Waals surface area contributed by atoms with Gasteiger partial charge in [-0.25, -0.2) is 4.79 Å². The number of hydrogen-bond donors (Lipinski definition) is 1. The maximum Gasteiger partial charge on any atom is 0.335 e. The lowest BCUT2D eigenvalue weighted by atomic mass is 9.85. The number of piperidine rings is 1. The summed E-state index contributed by atoms with van der Waals surface area (Å²) in [6.07, 6.45) is 2.75. The van der Waals surface area contributed by atoms with Crippen LogP contribution in [0.15, 0.2) is 78.0 Å². The van der Waals surface area contributed by atoms with Crippen molar-refractivity contribution in [1.82, 2.24) is 4.90 Å². The Labute approximate surface area is 212 Å². The van der Waals surface area contributed by atoms with E-state index in [1.54, 1.807) is 12.1 Å². The minimum atomic E-state index is -0.922. The van der Waals surface area contributed by atoms with Gasteiger partial charge in [0.2, 0.25) is 0 Å². The lowest BCUT2D eigenvalue weighted by Gasteiger charge is -2.37. The smallest absolute Gasteiger partial charge is 0.335 e. The van der Waals surface area contributed by atoms with Crippen LogP contribution in [0.25, 0.3) is 11.1 Å². The van der Waals surface area contributed by atoms with Crippen molar-refractivity contribution in [3.63, 3.8) is 0 Å². The summed E-state index contributed by atoms with van der Waals surface area (Å²) in [4.78, 5) is 19.6. The summed E-state index contributed by atoms with van der Waals surface area (Å²) in [6, 6.07) is 23.8. The van der Waals surface area contributed by atoms with Crippen LogP contribution in [-0.2, 0) is 11.4 Å². The molecule has 0 aliphatic carbocycles. The number of rotatable bonds is 7. The van der Waals surface area contributed by atoms with E-state index in [0.29, 0.717) is 0 Å². The van der Waals surface area contributed by atoms with Gasteiger partial charge in [-0.3, -0.25) is 4.90 Å². The van der Waals surface area contributed by atoms with Gasteiger partial charge in [0.1, 0.15) is 11.4 Å². The average Bonchev–Trinajstić information content (AvgIpc) is 3.30. The summed E-state index contributed by atoms with van der Waals surface area (Å²) in [7, 11) is 0. The standard InChI is InChI=1S/C30H32N2O4/c1-21(2)35-26-13-11-22(12-14-26)27-6-4-3-5-25(27)20-32-17-15-30(16-18-32)19-28(31-36-30)23-7-9-24(10-8-23)29(33)34/h3-14,21H,15-20H2,1-2H3,(H,33,34). The second kappa shape index (κ2) is 10.2. The zero-order valence-electron chi connectivity index (χ0n) is 20.8. The molecule has 186 valence electrons. The fourth-order valence-electron chi connectivity index (χ4n) is 5.03. The Balaban J connectivity index is 1.20. The molecule has 36 heavy (non-hydrogen) atoms. The van der Waals surface area contributed by atoms with E-state index in [0.717, 1.165) is 55.9 Å². The Bertz CT molecular complexity index is 1240. The minimum Gasteiger partial charge on any atom is -0.491 e. The molecule has 1 spiro atoms. The maximum atomic E-state index is 11.1. The van der Waals surface area contributed by atoms with Gasteiger partial charge in [0, 0.05) is 38.9 Å². The van der Waals surface area contributed by atoms with Crippen molar-refractivity contribution in [2.24, 2.45) is 5.16 Å². The topological polar surface area (TPSA) is 71.4 Å². The van der Waals surface area contributed by atoms with Crippen molar-refractivity contribution < 1.29 is 19.5 Å². The van der Waals surface area contributed by atoms with E-state index >= 15 is 0 Å². The van der Waals surface area contributed by atoms with Crippen LogP contribution in [-0.4, -0.2) is 46.5 Å². The second-order valence-electron chi connectivity index (χ2n) is 10.00. The Kier molecular flexibility index (Phi) is 6.79. The van der Waals surface area contributed by atoms with Crippen LogP contribution in [0, 0.1) is 0 Å². The Morgan fingerprint density at radius 2 is 1.67 bits per heavy atom. The molecule has 0 radical (unpaired) electrons. The van der Waals surface area contributed by atoms with Gasteiger partial charge < -0.3 is 14.7 Å². The molecular weight excluding hydrogens is 452 g/mol. The van der Waals surface area contributed by atoms with Crippen molar-refractivity contribution in [2.45, 2.75) is 51.4 Å². The molecule has 2 aliphatic heterocycles. The largest absolute Gasteiger partial charge is 0.491 e. The highest BCUT2D eigenvalue weighted by Crippen LogP contribution is 2.37. The lowest BCUT2D eigenvalue weighted by molar-refractivity contribution is -0.0626. The molecule has 0 amide bonds. The summed E-state index contributed by atoms with van der Waals surface area (Å²) in [5.41, 5.74) is 5.61. The first-order valence-electron chi connectivity index (χ1n) is 12.6. The van der Waals surface area contributed by atoms with Crippen molar-refractivity contribution in [1.29, 1.82) is 0 Å². The molecule has 1 saturated heterocycles. The van der Waals surface area contributed by atoms with Gasteiger partial charge in [-0.1, -0.05) is 53.7 Å². The van der Waals surface area contributed by atoms with Gasteiger partial charge in [0.25, 0.3) is 0 Å². The van der Waals surface area contributed by atoms with Crippen LogP contribution in [0.2, 0.25) is 0 Å². The van der Waals surface area contributed by atoms with Gasteiger partial charge >= 0.3 is 5.97 Å². The highest BCUT2D eigenvalue weighted by atomic mass is 16.7. The molecule has 0 saturated carbocycles. The third kappa shape index (κ3) is 5.29. The van der Waals surface area contributed by atoms with Gasteiger partial charge in [0.05, 0.1) is 17.4 Å². The summed E-state index contributed by atoms with van der Waals surface area (Å²) < 4.78 is 5.80. The van der Waals surface area contributed by atoms with E-state index in [1.165, 1.54) is 16.7 Å². The SMILES string of the molecule is CC(C)Oc1ccc(-c2ccccc2CN2CCC3(CC2)CC(c2ccc(C(=O)O)cc2)=NO3)cc1. The van der Waals surface area contributed by atoms with E-state index in [1.807, 2.05) is 38.1 Å². The van der Waals surface area contributed by atoms with Crippen molar-refractivity contribution in [2.75, 3.05) is 13.1 Å². The van der Waals surface area contributed by atoms with Crippen LogP contribution in [0.1, 0.15) is 54.6 Å². The van der Waals surface area contributed by atoms with Crippen molar-refractivity contribution in [3.05, 3.63) is 89.5 Å². The predicted molar refractivity (Wildman–Crippen MR) is 141 cm³/mol. The Morgan fingerprint density at radius 3 is 2.33 bits per heavy atom. The molecule has 2 heterocycles. The molecular formula is C30H32N2O4. The lowest BCUT2D eigenvalue weighted by Crippen LogP contribution is -2.44. The first kappa shape index (κ1) is 24.1. The first-order chi connectivity index (χ1) is 17.4. The molecule has 1 N–H and O–H groups in total. The Hall–Kier alpha value is -3.64. The molecule has 3 aromatic rings. The van der Waals surface area contributed by atoms with Crippen molar-refractivity contribution >= 4 is 11.7 Å². The van der Waals surface area contributed by atoms with Crippen molar-refractivity contribution in [3.8, 4) is 16.9 Å². The molecule has 3 aromatic carbocycles. The predicted octanol–water partition coefficient (Wildman–Crippen LogP) is 6.00. The second-order valence-corrected chi connectivity index (χ2v) is 10.00. The van der Waals surface area contributed by atoms with Gasteiger partial charge in [-0.15, -0.1) is 0 Å². The third-order valence-electron chi connectivity index (χ3n) is 7.02. The number of likely N-dealkylation sites (tertiary alicyclic amines) is 1. The summed E-state index contributed by atoms with van der Waals surface area (Å²) in [5, 5.41) is 13.5. The summed E-state index contributed by atoms with van der Waals surface area (Å²) in [6.45, 7) is 6.84. The number of hydrogen-bond acceptors (Lipinski definition) is 5. The van der Waals surface area contributed by atoms with Gasteiger partial charge in [0.15, 0.2) is 0 Å². The molecule has 0 unspecified atom stereocenters. The van der Waals surface area contributed by atoms with E-state index in [2.05, 4.69) is 46.5 Å². The molecule has 6 nitrogen and oxygen atoms in total. The molecule has 0 atom stereocenters. The van der Waals surface area contributed by atoms with E-state index < -0.39 is 5.97 Å². The number of aromatic carboxylic acids is 1. The molecule has 1 fully saturated rings. The monoisotopic (exact) mass is 484 g/mol. The van der Waals surface area contributed by atoms with E-state index in [4.69, 9.17) is 14.7 Å². The van der Waals surface area contributed by atoms with Crippen LogP contribution in [0.5, 0.6) is 5.75 Å². The number of carbonyl (C=O) groups is 1. The summed E-state index contributed by atoms with van der Waals surface area (Å²) >= 11 is 0. The number of oxime groups is 1. The molecule has 2 aliphatic rings. The highest BCUT2D eigenvalue weighted by molar-refractivity contribution is 6.02. The van der Waals surface area contributed by atoms with Gasteiger partial charge in [-0.2, -0.15) is 0 Å². The molecule has 0 bridgehead atoms. The van der Waals surface area contributed by atoms with Crippen LogP contribution < -0.4 is 4.74 Å². The number of carboxylic acids is 1. The number of nitrogens with zero attached hydrogens (tertiary/aromatic N) is 2. The fourth-order valence-corrected chi connectivity index (χ4v) is 5.03. The average molecular weight is 485 g/mol. The number of benzene rings is 3. The fraction of sp³-hybridized carbons (Fsp3) is 0.333. The van der Waals surface area contributed by atoms with E-state index in [-0.39, 0.29) is 17.3 Å². The van der Waals surface area contributed by atoms with Crippen LogP contribution in [0.4, 0.5) is 0 Å².